The van der Waals surface area contributed by atoms with Crippen LogP contribution in [0.5, 0.6) is 0 Å². The molecule has 3 heterocycles. The molecule has 0 unspecified atom stereocenters. The molecule has 4 aromatic rings. The Hall–Kier alpha value is -3.48. The molecule has 0 aliphatic heterocycles. The van der Waals surface area contributed by atoms with Crippen molar-refractivity contribution in [2.24, 2.45) is 0 Å². The number of nitrogens with zero attached hydrogens (tertiary/aromatic N) is 5. The second-order valence-corrected chi connectivity index (χ2v) is 6.23. The van der Waals surface area contributed by atoms with E-state index in [1.807, 2.05) is 58.6 Å². The van der Waals surface area contributed by atoms with Crippen LogP contribution >= 0.6 is 0 Å². The molecular weight excluding hydrogens is 340 g/mol. The lowest BCUT2D eigenvalue weighted by atomic mass is 10.1. The van der Waals surface area contributed by atoms with Crippen LogP contribution in [0, 0.1) is 0 Å². The van der Waals surface area contributed by atoms with Gasteiger partial charge in [-0.15, -0.1) is 10.2 Å². The van der Waals surface area contributed by atoms with Crippen molar-refractivity contribution in [3.05, 3.63) is 83.6 Å². The molecule has 0 aliphatic rings. The Morgan fingerprint density at radius 1 is 1.07 bits per heavy atom. The number of pyridine rings is 1. The number of nitrogens with one attached hydrogen (secondary N) is 1. The maximum atomic E-state index is 12.7. The monoisotopic (exact) mass is 360 g/mol. The average molecular weight is 360 g/mol. The number of amides is 1. The zero-order valence-corrected chi connectivity index (χ0v) is 15.0. The topological polar surface area (TPSA) is 77.1 Å². The number of aromatic nitrogens is 5. The van der Waals surface area contributed by atoms with Gasteiger partial charge in [0.05, 0.1) is 30.5 Å². The SMILES string of the molecule is CCc1c(C(=O)NCc2nnc3ccccn23)cnn1Cc1ccccc1. The Morgan fingerprint density at radius 2 is 1.89 bits per heavy atom. The van der Waals surface area contributed by atoms with Crippen molar-refractivity contribution in [2.75, 3.05) is 0 Å². The van der Waals surface area contributed by atoms with Crippen LogP contribution in [0.15, 0.2) is 60.9 Å². The van der Waals surface area contributed by atoms with E-state index in [0.717, 1.165) is 23.3 Å². The van der Waals surface area contributed by atoms with Gasteiger partial charge in [0.1, 0.15) is 0 Å². The highest BCUT2D eigenvalue weighted by molar-refractivity contribution is 5.95. The normalized spacial score (nSPS) is 11.0. The van der Waals surface area contributed by atoms with Crippen LogP contribution < -0.4 is 5.32 Å². The van der Waals surface area contributed by atoms with Crippen molar-refractivity contribution in [3.63, 3.8) is 0 Å². The van der Waals surface area contributed by atoms with Crippen LogP contribution in [0.4, 0.5) is 0 Å². The predicted octanol–water partition coefficient (Wildman–Crippen LogP) is 2.47. The number of rotatable bonds is 6. The summed E-state index contributed by atoms with van der Waals surface area (Å²) in [4.78, 5) is 12.7. The third-order valence-electron chi connectivity index (χ3n) is 4.49. The van der Waals surface area contributed by atoms with E-state index in [0.29, 0.717) is 24.5 Å². The van der Waals surface area contributed by atoms with E-state index in [1.165, 1.54) is 0 Å². The summed E-state index contributed by atoms with van der Waals surface area (Å²) in [5, 5.41) is 15.6. The maximum absolute atomic E-state index is 12.7. The Bertz CT molecular complexity index is 1070. The minimum Gasteiger partial charge on any atom is -0.345 e. The van der Waals surface area contributed by atoms with Crippen molar-refractivity contribution in [2.45, 2.75) is 26.4 Å². The lowest BCUT2D eigenvalue weighted by Gasteiger charge is -2.08. The van der Waals surface area contributed by atoms with Gasteiger partial charge in [-0.2, -0.15) is 5.10 Å². The highest BCUT2D eigenvalue weighted by atomic mass is 16.1. The lowest BCUT2D eigenvalue weighted by Crippen LogP contribution is -2.25. The van der Waals surface area contributed by atoms with Crippen molar-refractivity contribution in [1.29, 1.82) is 0 Å². The molecule has 4 rings (SSSR count). The van der Waals surface area contributed by atoms with Crippen LogP contribution in [0.1, 0.15) is 34.4 Å². The van der Waals surface area contributed by atoms with Gasteiger partial charge in [-0.05, 0) is 24.1 Å². The first-order chi connectivity index (χ1) is 13.3. The van der Waals surface area contributed by atoms with Gasteiger partial charge in [-0.3, -0.25) is 13.9 Å². The van der Waals surface area contributed by atoms with E-state index in [4.69, 9.17) is 0 Å². The summed E-state index contributed by atoms with van der Waals surface area (Å²) in [6, 6.07) is 15.8. The summed E-state index contributed by atoms with van der Waals surface area (Å²) in [6.45, 7) is 2.98. The van der Waals surface area contributed by atoms with Crippen molar-refractivity contribution in [3.8, 4) is 0 Å². The van der Waals surface area contributed by atoms with Gasteiger partial charge in [-0.1, -0.05) is 43.3 Å². The minimum atomic E-state index is -0.154. The molecule has 0 radical (unpaired) electrons. The molecule has 0 spiro atoms. The minimum absolute atomic E-state index is 0.154. The first kappa shape index (κ1) is 17.0. The molecule has 1 N–H and O–H groups in total. The van der Waals surface area contributed by atoms with Crippen molar-refractivity contribution >= 4 is 11.6 Å². The van der Waals surface area contributed by atoms with E-state index in [9.17, 15) is 4.79 Å². The number of hydrogen-bond donors (Lipinski definition) is 1. The zero-order valence-electron chi connectivity index (χ0n) is 15.0. The zero-order chi connectivity index (χ0) is 18.6. The number of carbonyl (C=O) groups excluding carboxylic acids is 1. The Balaban J connectivity index is 1.50. The molecule has 0 atom stereocenters. The van der Waals surface area contributed by atoms with E-state index in [-0.39, 0.29) is 5.91 Å². The van der Waals surface area contributed by atoms with Gasteiger partial charge in [-0.25, -0.2) is 0 Å². The quantitative estimate of drug-likeness (QED) is 0.573. The van der Waals surface area contributed by atoms with Crippen molar-refractivity contribution in [1.82, 2.24) is 29.7 Å². The summed E-state index contributed by atoms with van der Waals surface area (Å²) in [7, 11) is 0. The second kappa shape index (κ2) is 7.41. The molecule has 1 aromatic carbocycles. The summed E-state index contributed by atoms with van der Waals surface area (Å²) >= 11 is 0. The van der Waals surface area contributed by atoms with Gasteiger partial charge >= 0.3 is 0 Å². The number of carbonyl (C=O) groups is 1. The van der Waals surface area contributed by atoms with Gasteiger partial charge in [0, 0.05) is 6.20 Å². The largest absolute Gasteiger partial charge is 0.345 e. The van der Waals surface area contributed by atoms with Crippen molar-refractivity contribution < 1.29 is 4.79 Å². The van der Waals surface area contributed by atoms with E-state index in [2.05, 4.69) is 32.7 Å². The molecule has 0 aliphatic carbocycles. The van der Waals surface area contributed by atoms with Crippen LogP contribution in [0.2, 0.25) is 0 Å². The standard InChI is InChI=1S/C20H20N6O/c1-2-17-16(12-22-26(17)14-15-8-4-3-5-9-15)20(27)21-13-19-24-23-18-10-6-7-11-25(18)19/h3-12H,2,13-14H2,1H3,(H,21,27). The predicted molar refractivity (Wildman–Crippen MR) is 101 cm³/mol. The molecule has 0 bridgehead atoms. The molecule has 3 aromatic heterocycles. The van der Waals surface area contributed by atoms with E-state index < -0.39 is 0 Å². The summed E-state index contributed by atoms with van der Waals surface area (Å²) in [5.41, 5.74) is 3.42. The van der Waals surface area contributed by atoms with Gasteiger partial charge < -0.3 is 5.32 Å². The molecule has 1 amide bonds. The van der Waals surface area contributed by atoms with Crippen LogP contribution in [-0.2, 0) is 19.5 Å². The lowest BCUT2D eigenvalue weighted by molar-refractivity contribution is 0.0948. The maximum Gasteiger partial charge on any atom is 0.255 e. The first-order valence-corrected chi connectivity index (χ1v) is 8.91. The third-order valence-corrected chi connectivity index (χ3v) is 4.49. The first-order valence-electron chi connectivity index (χ1n) is 8.91. The third kappa shape index (κ3) is 3.44. The summed E-state index contributed by atoms with van der Waals surface area (Å²) < 4.78 is 3.75. The molecular formula is C20H20N6O. The molecule has 0 fully saturated rings. The molecule has 7 nitrogen and oxygen atoms in total. The Kier molecular flexibility index (Phi) is 4.65. The van der Waals surface area contributed by atoms with Crippen LogP contribution in [-0.4, -0.2) is 30.3 Å². The molecule has 0 saturated heterocycles. The highest BCUT2D eigenvalue weighted by Gasteiger charge is 2.17. The van der Waals surface area contributed by atoms with Gasteiger partial charge in [0.25, 0.3) is 5.91 Å². The molecule has 27 heavy (non-hydrogen) atoms. The fraction of sp³-hybridized carbons (Fsp3) is 0.200. The molecule has 7 heteroatoms. The summed E-state index contributed by atoms with van der Waals surface area (Å²) in [5.74, 6) is 0.535. The van der Waals surface area contributed by atoms with E-state index >= 15 is 0 Å². The highest BCUT2D eigenvalue weighted by Crippen LogP contribution is 2.13. The number of fused-ring (bicyclic) bond motifs is 1. The summed E-state index contributed by atoms with van der Waals surface area (Å²) in [6.07, 6.45) is 4.24. The van der Waals surface area contributed by atoms with Crippen LogP contribution in [0.25, 0.3) is 5.65 Å². The van der Waals surface area contributed by atoms with E-state index in [1.54, 1.807) is 6.20 Å². The second-order valence-electron chi connectivity index (χ2n) is 6.23. The van der Waals surface area contributed by atoms with Gasteiger partial charge in [0.2, 0.25) is 0 Å². The smallest absolute Gasteiger partial charge is 0.255 e. The fourth-order valence-corrected chi connectivity index (χ4v) is 3.13. The molecule has 0 saturated carbocycles. The van der Waals surface area contributed by atoms with Gasteiger partial charge in [0.15, 0.2) is 11.5 Å². The number of benzene rings is 1. The number of hydrogen-bond acceptors (Lipinski definition) is 4. The van der Waals surface area contributed by atoms with Crippen LogP contribution in [0.3, 0.4) is 0 Å². The average Bonchev–Trinajstić information content (AvgIpc) is 3.31. The Labute approximate surface area is 156 Å². The molecule has 136 valence electrons. The fourth-order valence-electron chi connectivity index (χ4n) is 3.13. The Morgan fingerprint density at radius 3 is 2.70 bits per heavy atom.